The number of carbonyl (C=O) groups excluding carboxylic acids is 2. The van der Waals surface area contributed by atoms with Gasteiger partial charge in [0.2, 0.25) is 0 Å². The number of benzene rings is 2. The van der Waals surface area contributed by atoms with Gasteiger partial charge >= 0.3 is 0 Å². The summed E-state index contributed by atoms with van der Waals surface area (Å²) in [6.45, 7) is 10.3. The molecule has 1 unspecified atom stereocenters. The minimum Gasteiger partial charge on any atom is -0.370 e. The molecule has 1 aliphatic heterocycles. The molecule has 1 atom stereocenters. The maximum Gasteiger partial charge on any atom is 0.259 e. The van der Waals surface area contributed by atoms with Gasteiger partial charge in [0, 0.05) is 36.0 Å². The highest BCUT2D eigenvalue weighted by molar-refractivity contribution is 6.06. The molecule has 1 aromatic heterocycles. The molecule has 2 N–H and O–H groups in total. The molecule has 1 aliphatic carbocycles. The van der Waals surface area contributed by atoms with Crippen molar-refractivity contribution in [3.63, 3.8) is 0 Å². The summed E-state index contributed by atoms with van der Waals surface area (Å²) >= 11 is 0. The van der Waals surface area contributed by atoms with Crippen LogP contribution in [-0.2, 0) is 4.79 Å². The third-order valence-electron chi connectivity index (χ3n) is 8.11. The Labute approximate surface area is 245 Å². The molecule has 0 radical (unpaired) electrons. The van der Waals surface area contributed by atoms with E-state index in [2.05, 4.69) is 34.4 Å². The maximum absolute atomic E-state index is 15.0. The fourth-order valence-electron chi connectivity index (χ4n) is 5.38. The molecule has 3 aromatic rings. The van der Waals surface area contributed by atoms with E-state index in [-0.39, 0.29) is 17.2 Å². The predicted molar refractivity (Wildman–Crippen MR) is 161 cm³/mol. The molecular formula is C33H37F2N5O2. The third-order valence-corrected chi connectivity index (χ3v) is 8.11. The van der Waals surface area contributed by atoms with Gasteiger partial charge in [0.25, 0.3) is 11.8 Å². The number of fused-ring (bicyclic) bond motifs is 1. The van der Waals surface area contributed by atoms with Crippen LogP contribution in [0.4, 0.5) is 14.6 Å². The summed E-state index contributed by atoms with van der Waals surface area (Å²) in [4.78, 5) is 37.2. The molecular weight excluding hydrogens is 536 g/mol. The number of amides is 2. The Morgan fingerprint density at radius 2 is 1.79 bits per heavy atom. The van der Waals surface area contributed by atoms with Gasteiger partial charge in [0.15, 0.2) is 0 Å². The number of hydrogen-bond donors (Lipinski definition) is 2. The van der Waals surface area contributed by atoms with Crippen LogP contribution in [0.15, 0.2) is 47.5 Å². The van der Waals surface area contributed by atoms with Gasteiger partial charge in [0.1, 0.15) is 23.4 Å². The van der Waals surface area contributed by atoms with Crippen LogP contribution in [-0.4, -0.2) is 60.6 Å². The molecule has 0 spiro atoms. The number of aryl methyl sites for hydroxylation is 1. The second-order valence-electron chi connectivity index (χ2n) is 11.0. The van der Waals surface area contributed by atoms with E-state index in [0.29, 0.717) is 41.5 Å². The van der Waals surface area contributed by atoms with Crippen LogP contribution in [0.2, 0.25) is 0 Å². The van der Waals surface area contributed by atoms with E-state index in [9.17, 15) is 9.59 Å². The number of pyridine rings is 1. The first-order valence-electron chi connectivity index (χ1n) is 14.7. The maximum atomic E-state index is 15.0. The zero-order valence-corrected chi connectivity index (χ0v) is 24.3. The Balaban J connectivity index is 1.58. The SMILES string of the molecule is CCN(CC)CCCNc1cc(-c2cc(C(=O)NCC3CC3)ccc2C)c2c(n1)C(c1c(F)cccc1F)C(=O)N=C2. The highest BCUT2D eigenvalue weighted by Gasteiger charge is 2.35. The lowest BCUT2D eigenvalue weighted by molar-refractivity contribution is -0.118. The number of halogens is 2. The van der Waals surface area contributed by atoms with E-state index in [1.54, 1.807) is 6.07 Å². The molecule has 7 nitrogen and oxygen atoms in total. The van der Waals surface area contributed by atoms with Crippen LogP contribution in [0, 0.1) is 24.5 Å². The number of nitrogens with one attached hydrogen (secondary N) is 2. The molecule has 1 saturated carbocycles. The first kappa shape index (κ1) is 29.5. The molecule has 2 aliphatic rings. The smallest absolute Gasteiger partial charge is 0.259 e. The van der Waals surface area contributed by atoms with Crippen molar-refractivity contribution in [2.45, 2.75) is 46.0 Å². The van der Waals surface area contributed by atoms with Crippen LogP contribution < -0.4 is 10.6 Å². The van der Waals surface area contributed by atoms with Gasteiger partial charge in [-0.05, 0) is 98.8 Å². The predicted octanol–water partition coefficient (Wildman–Crippen LogP) is 5.71. The molecule has 0 saturated heterocycles. The van der Waals surface area contributed by atoms with Crippen molar-refractivity contribution in [2.75, 3.05) is 38.0 Å². The summed E-state index contributed by atoms with van der Waals surface area (Å²) in [5.41, 5.74) is 3.19. The number of carbonyl (C=O) groups is 2. The second-order valence-corrected chi connectivity index (χ2v) is 11.0. The Kier molecular flexibility index (Phi) is 9.06. The van der Waals surface area contributed by atoms with E-state index in [4.69, 9.17) is 4.98 Å². The highest BCUT2D eigenvalue weighted by atomic mass is 19.1. The van der Waals surface area contributed by atoms with Gasteiger partial charge < -0.3 is 15.5 Å². The van der Waals surface area contributed by atoms with Crippen molar-refractivity contribution < 1.29 is 18.4 Å². The minimum absolute atomic E-state index is 0.157. The Morgan fingerprint density at radius 3 is 2.48 bits per heavy atom. The van der Waals surface area contributed by atoms with E-state index >= 15 is 8.78 Å². The van der Waals surface area contributed by atoms with E-state index < -0.39 is 23.5 Å². The normalized spacial score (nSPS) is 16.0. The quantitative estimate of drug-likeness (QED) is 0.271. The molecule has 0 bridgehead atoms. The zero-order chi connectivity index (χ0) is 29.8. The first-order chi connectivity index (χ1) is 20.3. The summed E-state index contributed by atoms with van der Waals surface area (Å²) in [5.74, 6) is -2.81. The van der Waals surface area contributed by atoms with Crippen LogP contribution in [0.25, 0.3) is 11.1 Å². The molecule has 5 rings (SSSR count). The van der Waals surface area contributed by atoms with Crippen LogP contribution >= 0.6 is 0 Å². The lowest BCUT2D eigenvalue weighted by Gasteiger charge is -2.24. The van der Waals surface area contributed by atoms with Crippen LogP contribution in [0.3, 0.4) is 0 Å². The molecule has 2 amide bonds. The standard InChI is InChI=1S/C33H37F2N5O2/c1-4-40(5-2)15-7-14-36-28-17-24(23-16-22(13-10-20(23)3)32(41)37-18-21-11-12-21)25-19-38-33(42)30(31(25)39-28)29-26(34)8-6-9-27(29)35/h6,8-10,13,16-17,19,21,30H,4-5,7,11-12,14-15,18H2,1-3H3,(H,36,39)(H,37,41). The lowest BCUT2D eigenvalue weighted by Crippen LogP contribution is -2.26. The average Bonchev–Trinajstić information content (AvgIpc) is 3.81. The number of aromatic nitrogens is 1. The van der Waals surface area contributed by atoms with Crippen molar-refractivity contribution >= 4 is 23.8 Å². The summed E-state index contributed by atoms with van der Waals surface area (Å²) in [7, 11) is 0. The van der Waals surface area contributed by atoms with Crippen molar-refractivity contribution in [1.29, 1.82) is 0 Å². The summed E-state index contributed by atoms with van der Waals surface area (Å²) in [6, 6.07) is 10.9. The molecule has 9 heteroatoms. The van der Waals surface area contributed by atoms with Gasteiger partial charge in [-0.25, -0.2) is 18.8 Å². The van der Waals surface area contributed by atoms with Gasteiger partial charge in [-0.15, -0.1) is 0 Å². The fraction of sp³-hybridized carbons (Fsp3) is 0.394. The van der Waals surface area contributed by atoms with Gasteiger partial charge in [0.05, 0.1) is 5.69 Å². The lowest BCUT2D eigenvalue weighted by atomic mass is 9.85. The minimum atomic E-state index is -1.34. The van der Waals surface area contributed by atoms with E-state index in [1.165, 1.54) is 12.3 Å². The van der Waals surface area contributed by atoms with Crippen LogP contribution in [0.1, 0.15) is 71.8 Å². The second kappa shape index (κ2) is 12.9. The van der Waals surface area contributed by atoms with Crippen molar-refractivity contribution in [1.82, 2.24) is 15.2 Å². The monoisotopic (exact) mass is 573 g/mol. The van der Waals surface area contributed by atoms with Gasteiger partial charge in [-0.2, -0.15) is 0 Å². The number of nitrogens with zero attached hydrogens (tertiary/aromatic N) is 3. The summed E-state index contributed by atoms with van der Waals surface area (Å²) < 4.78 is 30.0. The Bertz CT molecular complexity index is 1490. The van der Waals surface area contributed by atoms with Crippen molar-refractivity contribution in [2.24, 2.45) is 10.9 Å². The summed E-state index contributed by atoms with van der Waals surface area (Å²) in [6.07, 6.45) is 4.54. The third kappa shape index (κ3) is 6.41. The van der Waals surface area contributed by atoms with Crippen molar-refractivity contribution in [3.05, 3.63) is 82.0 Å². The number of anilines is 1. The van der Waals surface area contributed by atoms with Crippen molar-refractivity contribution in [3.8, 4) is 11.1 Å². The van der Waals surface area contributed by atoms with Crippen LogP contribution in [0.5, 0.6) is 0 Å². The number of hydrogen-bond acceptors (Lipinski definition) is 5. The molecule has 1 fully saturated rings. The topological polar surface area (TPSA) is 86.7 Å². The molecule has 42 heavy (non-hydrogen) atoms. The molecule has 220 valence electrons. The van der Waals surface area contributed by atoms with E-state index in [1.807, 2.05) is 25.1 Å². The largest absolute Gasteiger partial charge is 0.370 e. The van der Waals surface area contributed by atoms with E-state index in [0.717, 1.165) is 62.2 Å². The average molecular weight is 574 g/mol. The fourth-order valence-corrected chi connectivity index (χ4v) is 5.38. The van der Waals surface area contributed by atoms with Gasteiger partial charge in [-0.3, -0.25) is 9.59 Å². The number of rotatable bonds is 12. The highest BCUT2D eigenvalue weighted by Crippen LogP contribution is 2.39. The zero-order valence-electron chi connectivity index (χ0n) is 24.3. The Morgan fingerprint density at radius 1 is 1.05 bits per heavy atom. The first-order valence-corrected chi connectivity index (χ1v) is 14.7. The molecule has 2 aromatic carbocycles. The number of aliphatic imine (C=N–C) groups is 1. The van der Waals surface area contributed by atoms with Gasteiger partial charge in [-0.1, -0.05) is 26.0 Å². The molecule has 2 heterocycles. The summed E-state index contributed by atoms with van der Waals surface area (Å²) in [5, 5.41) is 6.37. The Hall–Kier alpha value is -3.98.